The van der Waals surface area contributed by atoms with Crippen molar-refractivity contribution in [2.75, 3.05) is 5.32 Å². The Morgan fingerprint density at radius 1 is 1.03 bits per heavy atom. The number of carbonyl (C=O) groups excluding carboxylic acids is 1. The molecule has 4 rings (SSSR count). The van der Waals surface area contributed by atoms with E-state index in [0.717, 1.165) is 33.9 Å². The maximum Gasteiger partial charge on any atom is 0.298 e. The Morgan fingerprint density at radius 3 is 2.52 bits per heavy atom. The molecule has 5 nitrogen and oxygen atoms in total. The second kappa shape index (κ2) is 9.06. The number of rotatable bonds is 6. The summed E-state index contributed by atoms with van der Waals surface area (Å²) in [4.78, 5) is 17.0. The molecule has 7 heteroatoms. The van der Waals surface area contributed by atoms with Gasteiger partial charge in [-0.15, -0.1) is 0 Å². The molecular weight excluding hydrogens is 413 g/mol. The molecule has 1 heterocycles. The van der Waals surface area contributed by atoms with Crippen molar-refractivity contribution in [3.8, 4) is 10.9 Å². The van der Waals surface area contributed by atoms with Crippen LogP contribution in [0.15, 0.2) is 66.7 Å². The molecule has 0 aliphatic heterocycles. The number of ether oxygens (including phenoxy) is 1. The van der Waals surface area contributed by atoms with Gasteiger partial charge in [-0.25, -0.2) is 4.39 Å². The first-order valence-corrected chi connectivity index (χ1v) is 10.5. The number of aromatic nitrogens is 2. The van der Waals surface area contributed by atoms with Gasteiger partial charge < -0.3 is 10.1 Å². The lowest BCUT2D eigenvalue weighted by Crippen LogP contribution is -2.12. The monoisotopic (exact) mass is 433 g/mol. The number of amides is 1. The van der Waals surface area contributed by atoms with Crippen LogP contribution in [-0.4, -0.2) is 15.3 Å². The summed E-state index contributed by atoms with van der Waals surface area (Å²) in [5.74, 6) is 0.641. The summed E-state index contributed by atoms with van der Waals surface area (Å²) in [7, 11) is 0. The fourth-order valence-electron chi connectivity index (χ4n) is 2.92. The lowest BCUT2D eigenvalue weighted by atomic mass is 10.1. The van der Waals surface area contributed by atoms with E-state index < -0.39 is 0 Å². The van der Waals surface area contributed by atoms with Crippen LogP contribution in [-0.2, 0) is 6.42 Å². The second-order valence-electron chi connectivity index (χ2n) is 7.18. The predicted octanol–water partition coefficient (Wildman–Crippen LogP) is 5.93. The van der Waals surface area contributed by atoms with Crippen LogP contribution in [0.5, 0.6) is 10.9 Å². The van der Waals surface area contributed by atoms with Crippen molar-refractivity contribution in [3.05, 3.63) is 101 Å². The van der Waals surface area contributed by atoms with Crippen LogP contribution in [0, 0.1) is 19.7 Å². The number of anilines is 1. The van der Waals surface area contributed by atoms with Crippen molar-refractivity contribution in [2.45, 2.75) is 20.3 Å². The van der Waals surface area contributed by atoms with Crippen LogP contribution >= 0.6 is 11.5 Å². The van der Waals surface area contributed by atoms with E-state index in [-0.39, 0.29) is 11.7 Å². The molecule has 0 saturated carbocycles. The third-order valence-corrected chi connectivity index (χ3v) is 5.31. The molecule has 0 saturated heterocycles. The maximum absolute atomic E-state index is 13.1. The van der Waals surface area contributed by atoms with Gasteiger partial charge in [0, 0.05) is 29.2 Å². The Kier molecular flexibility index (Phi) is 6.04. The van der Waals surface area contributed by atoms with E-state index in [4.69, 9.17) is 4.74 Å². The molecule has 1 N–H and O–H groups in total. The molecule has 0 radical (unpaired) electrons. The van der Waals surface area contributed by atoms with Gasteiger partial charge in [0.05, 0.1) is 0 Å². The molecule has 3 aromatic carbocycles. The number of carbonyl (C=O) groups is 1. The number of benzene rings is 3. The normalized spacial score (nSPS) is 10.7. The number of halogens is 1. The largest absolute Gasteiger partial charge is 0.430 e. The van der Waals surface area contributed by atoms with E-state index in [2.05, 4.69) is 14.7 Å². The standard InChI is InChI=1S/C24H20FN3O2S/c1-15-3-11-20(12-4-15)26-23(29)18-8-5-16(2)21(14-18)30-24-27-22(28-31-24)13-17-6-9-19(25)10-7-17/h3-12,14H,13H2,1-2H3,(H,26,29). The van der Waals surface area contributed by atoms with Gasteiger partial charge >= 0.3 is 0 Å². The van der Waals surface area contributed by atoms with Gasteiger partial charge in [-0.1, -0.05) is 35.9 Å². The molecule has 31 heavy (non-hydrogen) atoms. The minimum atomic E-state index is -0.277. The summed E-state index contributed by atoms with van der Waals surface area (Å²) in [5, 5.41) is 3.27. The van der Waals surface area contributed by atoms with Crippen molar-refractivity contribution >= 4 is 23.1 Å². The Bertz CT molecular complexity index is 1200. The molecule has 0 aliphatic rings. The Labute approximate surface area is 183 Å². The van der Waals surface area contributed by atoms with E-state index in [1.165, 1.54) is 12.1 Å². The molecule has 4 aromatic rings. The van der Waals surface area contributed by atoms with Gasteiger partial charge in [-0.2, -0.15) is 9.36 Å². The molecule has 0 bridgehead atoms. The highest BCUT2D eigenvalue weighted by molar-refractivity contribution is 7.07. The first kappa shape index (κ1) is 20.7. The topological polar surface area (TPSA) is 64.1 Å². The first-order valence-electron chi connectivity index (χ1n) is 9.70. The fraction of sp³-hybridized carbons (Fsp3) is 0.125. The second-order valence-corrected chi connectivity index (χ2v) is 7.90. The quantitative estimate of drug-likeness (QED) is 0.409. The first-order chi connectivity index (χ1) is 15.0. The fourth-order valence-corrected chi connectivity index (χ4v) is 3.48. The van der Waals surface area contributed by atoms with E-state index >= 15 is 0 Å². The average molecular weight is 434 g/mol. The zero-order chi connectivity index (χ0) is 21.8. The Morgan fingerprint density at radius 2 is 1.77 bits per heavy atom. The van der Waals surface area contributed by atoms with Crippen LogP contribution < -0.4 is 10.1 Å². The predicted molar refractivity (Wildman–Crippen MR) is 120 cm³/mol. The summed E-state index contributed by atoms with van der Waals surface area (Å²) < 4.78 is 23.3. The SMILES string of the molecule is Cc1ccc(NC(=O)c2ccc(C)c(Oc3nc(Cc4ccc(F)cc4)ns3)c2)cc1. The summed E-state index contributed by atoms with van der Waals surface area (Å²) in [6.45, 7) is 3.89. The molecule has 0 atom stereocenters. The number of nitrogens with one attached hydrogen (secondary N) is 1. The highest BCUT2D eigenvalue weighted by Crippen LogP contribution is 2.28. The summed E-state index contributed by atoms with van der Waals surface area (Å²) in [6, 6.07) is 19.1. The highest BCUT2D eigenvalue weighted by atomic mass is 32.1. The van der Waals surface area contributed by atoms with Crippen LogP contribution in [0.25, 0.3) is 0 Å². The number of aryl methyl sites for hydroxylation is 2. The molecule has 1 amide bonds. The van der Waals surface area contributed by atoms with Gasteiger partial charge in [0.2, 0.25) is 0 Å². The van der Waals surface area contributed by atoms with E-state index in [1.54, 1.807) is 24.3 Å². The lowest BCUT2D eigenvalue weighted by molar-refractivity contribution is 0.102. The summed E-state index contributed by atoms with van der Waals surface area (Å²) in [6.07, 6.45) is 0.484. The Hall–Kier alpha value is -3.58. The van der Waals surface area contributed by atoms with Crippen LogP contribution in [0.2, 0.25) is 0 Å². The van der Waals surface area contributed by atoms with Crippen LogP contribution in [0.4, 0.5) is 10.1 Å². The minimum Gasteiger partial charge on any atom is -0.430 e. The van der Waals surface area contributed by atoms with Gasteiger partial charge in [0.25, 0.3) is 11.1 Å². The zero-order valence-electron chi connectivity index (χ0n) is 17.1. The van der Waals surface area contributed by atoms with Gasteiger partial charge in [0.1, 0.15) is 11.6 Å². The lowest BCUT2D eigenvalue weighted by Gasteiger charge is -2.09. The zero-order valence-corrected chi connectivity index (χ0v) is 17.9. The van der Waals surface area contributed by atoms with Crippen molar-refractivity contribution < 1.29 is 13.9 Å². The maximum atomic E-state index is 13.1. The number of hydrogen-bond acceptors (Lipinski definition) is 5. The number of hydrogen-bond donors (Lipinski definition) is 1. The number of nitrogens with zero attached hydrogens (tertiary/aromatic N) is 2. The van der Waals surface area contributed by atoms with E-state index in [1.807, 2.05) is 44.2 Å². The highest BCUT2D eigenvalue weighted by Gasteiger charge is 2.13. The average Bonchev–Trinajstić information content (AvgIpc) is 3.20. The molecule has 1 aromatic heterocycles. The third kappa shape index (κ3) is 5.32. The van der Waals surface area contributed by atoms with Gasteiger partial charge in [0.15, 0.2) is 5.82 Å². The minimum absolute atomic E-state index is 0.219. The van der Waals surface area contributed by atoms with Crippen molar-refractivity contribution in [1.82, 2.24) is 9.36 Å². The third-order valence-electron chi connectivity index (χ3n) is 4.68. The molecule has 0 spiro atoms. The van der Waals surface area contributed by atoms with Crippen molar-refractivity contribution in [3.63, 3.8) is 0 Å². The van der Waals surface area contributed by atoms with E-state index in [9.17, 15) is 9.18 Å². The van der Waals surface area contributed by atoms with Crippen LogP contribution in [0.1, 0.15) is 32.9 Å². The summed E-state index contributed by atoms with van der Waals surface area (Å²) in [5.41, 5.74) is 4.13. The molecular formula is C24H20FN3O2S. The molecule has 0 aliphatic carbocycles. The van der Waals surface area contributed by atoms with E-state index in [0.29, 0.717) is 28.8 Å². The van der Waals surface area contributed by atoms with Gasteiger partial charge in [-0.3, -0.25) is 4.79 Å². The van der Waals surface area contributed by atoms with Gasteiger partial charge in [-0.05, 0) is 61.4 Å². The smallest absolute Gasteiger partial charge is 0.298 e. The van der Waals surface area contributed by atoms with Crippen molar-refractivity contribution in [2.24, 2.45) is 0 Å². The molecule has 0 unspecified atom stereocenters. The van der Waals surface area contributed by atoms with Crippen molar-refractivity contribution in [1.29, 1.82) is 0 Å². The van der Waals surface area contributed by atoms with Crippen LogP contribution in [0.3, 0.4) is 0 Å². The molecule has 156 valence electrons. The Balaban J connectivity index is 1.46. The summed E-state index contributed by atoms with van der Waals surface area (Å²) >= 11 is 1.14. The molecule has 0 fully saturated rings.